The Morgan fingerprint density at radius 3 is 2.06 bits per heavy atom. The van der Waals surface area contributed by atoms with Crippen LogP contribution in [0.1, 0.15) is 136 Å². The highest BCUT2D eigenvalue weighted by Crippen LogP contribution is 2.33. The average Bonchev–Trinajstić information content (AvgIpc) is 3.58. The molecule has 1 saturated heterocycles. The molecule has 1 heterocycles. The molecular weight excluding hydrogens is 700 g/mol. The molecule has 0 aliphatic carbocycles. The van der Waals surface area contributed by atoms with Crippen LogP contribution in [0.15, 0.2) is 36.4 Å². The molecule has 3 atom stereocenters. The molecule has 1 fully saturated rings. The minimum absolute atomic E-state index is 0.0000236. The van der Waals surface area contributed by atoms with Gasteiger partial charge in [-0.25, -0.2) is 18.4 Å². The van der Waals surface area contributed by atoms with Crippen LogP contribution in [-0.2, 0) is 39.8 Å². The lowest BCUT2D eigenvalue weighted by molar-refractivity contribution is -0.188. The monoisotopic (exact) mass is 767 g/mol. The molecule has 0 spiro atoms. The van der Waals surface area contributed by atoms with Gasteiger partial charge in [0.15, 0.2) is 11.4 Å². The number of hydrogen-bond donors (Lipinski definition) is 2. The number of nitrogens with one attached hydrogen (secondary N) is 1. The number of unbranched alkanes of at least 4 members (excludes halogenated alkanes) is 9. The molecule has 10 nitrogen and oxygen atoms in total. The van der Waals surface area contributed by atoms with E-state index < -0.39 is 59.6 Å². The highest BCUT2D eigenvalue weighted by molar-refractivity contribution is 5.93. The second kappa shape index (κ2) is 24.4. The maximum Gasteiger partial charge on any atom is 0.340 e. The molecule has 1 amide bonds. The first-order valence-electron chi connectivity index (χ1n) is 20.0. The van der Waals surface area contributed by atoms with Gasteiger partial charge >= 0.3 is 11.9 Å². The molecule has 2 N–H and O–H groups in total. The quantitative estimate of drug-likeness (QED) is 0.0515. The Kier molecular flexibility index (Phi) is 21.3. The van der Waals surface area contributed by atoms with Crippen molar-refractivity contribution in [3.63, 3.8) is 0 Å². The van der Waals surface area contributed by atoms with Crippen LogP contribution >= 0.6 is 0 Å². The molecule has 1 aliphatic heterocycles. The maximum atomic E-state index is 14.0. The summed E-state index contributed by atoms with van der Waals surface area (Å²) in [4.78, 5) is 40.2. The lowest BCUT2D eigenvalue weighted by Crippen LogP contribution is -2.56. The number of ether oxygens (including phenoxy) is 5. The van der Waals surface area contributed by atoms with Gasteiger partial charge in [-0.3, -0.25) is 4.79 Å². The molecule has 2 rings (SSSR count). The third-order valence-electron chi connectivity index (χ3n) is 9.43. The Morgan fingerprint density at radius 1 is 0.907 bits per heavy atom. The molecule has 0 aromatic heterocycles. The predicted molar refractivity (Wildman–Crippen MR) is 204 cm³/mol. The van der Waals surface area contributed by atoms with Crippen molar-refractivity contribution in [2.45, 2.75) is 167 Å². The smallest absolute Gasteiger partial charge is 0.340 e. The van der Waals surface area contributed by atoms with Gasteiger partial charge in [-0.1, -0.05) is 83.1 Å². The van der Waals surface area contributed by atoms with E-state index in [-0.39, 0.29) is 6.42 Å². The summed E-state index contributed by atoms with van der Waals surface area (Å²) in [6.07, 6.45) is 11.7. The third-order valence-corrected chi connectivity index (χ3v) is 9.43. The van der Waals surface area contributed by atoms with Crippen molar-refractivity contribution in [3.05, 3.63) is 42.0 Å². The van der Waals surface area contributed by atoms with Gasteiger partial charge in [0, 0.05) is 25.7 Å². The molecule has 1 aromatic rings. The first kappa shape index (κ1) is 47.1. The first-order valence-corrected chi connectivity index (χ1v) is 20.0. The minimum Gasteiger partial charge on any atom is -0.494 e. The number of methoxy groups -OCH3 is 1. The van der Waals surface area contributed by atoms with Crippen molar-refractivity contribution in [1.82, 2.24) is 5.32 Å². The second-order valence-electron chi connectivity index (χ2n) is 15.3. The number of amides is 1. The number of rotatable bonds is 27. The lowest BCUT2D eigenvalue weighted by Gasteiger charge is -2.34. The van der Waals surface area contributed by atoms with E-state index in [0.29, 0.717) is 37.6 Å². The molecule has 0 saturated carbocycles. The van der Waals surface area contributed by atoms with Gasteiger partial charge in [-0.2, -0.15) is 0 Å². The van der Waals surface area contributed by atoms with Gasteiger partial charge in [-0.05, 0) is 70.6 Å². The molecule has 0 bridgehead atoms. The van der Waals surface area contributed by atoms with Gasteiger partial charge in [-0.15, -0.1) is 0 Å². The van der Waals surface area contributed by atoms with Crippen molar-refractivity contribution >= 4 is 17.8 Å². The van der Waals surface area contributed by atoms with Crippen molar-refractivity contribution < 1.29 is 52.0 Å². The fourth-order valence-corrected chi connectivity index (χ4v) is 6.44. The number of carbonyl (C=O) groups is 3. The summed E-state index contributed by atoms with van der Waals surface area (Å²) < 4.78 is 56.1. The summed E-state index contributed by atoms with van der Waals surface area (Å²) in [5.41, 5.74) is -3.40. The topological polar surface area (TPSA) is 130 Å². The van der Waals surface area contributed by atoms with Crippen molar-refractivity contribution in [2.24, 2.45) is 5.92 Å². The van der Waals surface area contributed by atoms with Crippen LogP contribution in [0.2, 0.25) is 0 Å². The molecule has 0 radical (unpaired) electrons. The zero-order valence-corrected chi connectivity index (χ0v) is 33.6. The van der Waals surface area contributed by atoms with Crippen LogP contribution in [0.4, 0.5) is 8.78 Å². The van der Waals surface area contributed by atoms with Crippen LogP contribution in [0.5, 0.6) is 5.75 Å². The molecule has 308 valence electrons. The number of allylic oxidation sites excluding steroid dienone is 1. The number of alkyl halides is 2. The Hall–Kier alpha value is -3.09. The van der Waals surface area contributed by atoms with E-state index in [1.165, 1.54) is 59.6 Å². The van der Waals surface area contributed by atoms with Gasteiger partial charge in [0.1, 0.15) is 17.4 Å². The largest absolute Gasteiger partial charge is 0.494 e. The molecular formula is C42H67F2NO9. The Bertz CT molecular complexity index is 1260. The zero-order valence-electron chi connectivity index (χ0n) is 33.6. The van der Waals surface area contributed by atoms with E-state index in [4.69, 9.17) is 23.7 Å². The van der Waals surface area contributed by atoms with Crippen LogP contribution in [0.3, 0.4) is 0 Å². The van der Waals surface area contributed by atoms with E-state index in [1.54, 1.807) is 30.3 Å². The van der Waals surface area contributed by atoms with Crippen molar-refractivity contribution in [2.75, 3.05) is 26.9 Å². The number of carbonyl (C=O) groups excluding carboxylic acids is 3. The third kappa shape index (κ3) is 17.1. The highest BCUT2D eigenvalue weighted by Gasteiger charge is 2.51. The van der Waals surface area contributed by atoms with E-state index in [1.807, 2.05) is 0 Å². The fraction of sp³-hybridized carbons (Fsp3) is 0.738. The standard InChI is InChI=1S/C42H67F2NO9/c1-7-9-11-15-18-25-41(52-28-29-53-41)26-19-16-13-12-14-17-20-34(42(49,31-36(43)44)39(48)54-40(3,4)5)37(46)45-35(38(47)50-6)30-32-21-23-33(24-22-32)51-27-10-8-2/h17,20-24,34-36,49H,7-16,18-19,25-31H2,1-6H3,(H,45,46)/t34-,35+,42+/m1/s1. The Labute approximate surface area is 322 Å². The summed E-state index contributed by atoms with van der Waals surface area (Å²) >= 11 is 0. The predicted octanol–water partition coefficient (Wildman–Crippen LogP) is 8.41. The number of benzene rings is 1. The summed E-state index contributed by atoms with van der Waals surface area (Å²) in [6, 6.07) is 5.75. The maximum absolute atomic E-state index is 14.0. The number of halogens is 2. The molecule has 12 heteroatoms. The molecule has 0 unspecified atom stereocenters. The normalized spacial score (nSPS) is 16.6. The number of aliphatic hydroxyl groups is 1. The fourth-order valence-electron chi connectivity index (χ4n) is 6.44. The van der Waals surface area contributed by atoms with E-state index in [0.717, 1.165) is 57.8 Å². The van der Waals surface area contributed by atoms with Crippen LogP contribution in [-0.4, -0.2) is 79.3 Å². The number of esters is 2. The van der Waals surface area contributed by atoms with Crippen LogP contribution in [0.25, 0.3) is 0 Å². The van der Waals surface area contributed by atoms with E-state index >= 15 is 0 Å². The van der Waals surface area contributed by atoms with E-state index in [9.17, 15) is 28.3 Å². The van der Waals surface area contributed by atoms with Gasteiger partial charge in [0.05, 0.1) is 32.8 Å². The second-order valence-corrected chi connectivity index (χ2v) is 15.3. The summed E-state index contributed by atoms with van der Waals surface area (Å²) in [5.74, 6) is -4.78. The van der Waals surface area contributed by atoms with Gasteiger partial charge in [0.2, 0.25) is 12.3 Å². The van der Waals surface area contributed by atoms with Crippen molar-refractivity contribution in [3.8, 4) is 5.75 Å². The zero-order chi connectivity index (χ0) is 40.0. The first-order chi connectivity index (χ1) is 25.7. The Balaban J connectivity index is 2.16. The van der Waals surface area contributed by atoms with Gasteiger partial charge < -0.3 is 34.1 Å². The van der Waals surface area contributed by atoms with E-state index in [2.05, 4.69) is 19.2 Å². The van der Waals surface area contributed by atoms with Gasteiger partial charge in [0.25, 0.3) is 0 Å². The molecule has 1 aliphatic rings. The summed E-state index contributed by atoms with van der Waals surface area (Å²) in [5, 5.41) is 14.2. The lowest BCUT2D eigenvalue weighted by atomic mass is 9.82. The highest BCUT2D eigenvalue weighted by atomic mass is 19.3. The average molecular weight is 768 g/mol. The SMILES string of the molecule is CCCCCCCC1(CCCCCCC=C[C@H](C(=O)N[C@@H](Cc2ccc(OCCCC)cc2)C(=O)OC)[C@@](O)(CC(F)F)C(=O)OC(C)(C)C)OCCO1. The minimum atomic E-state index is -3.15. The van der Waals surface area contributed by atoms with Crippen LogP contribution in [0, 0.1) is 5.92 Å². The number of hydrogen-bond acceptors (Lipinski definition) is 9. The molecule has 1 aromatic carbocycles. The summed E-state index contributed by atoms with van der Waals surface area (Å²) in [7, 11) is 1.17. The van der Waals surface area contributed by atoms with Crippen molar-refractivity contribution in [1.29, 1.82) is 0 Å². The van der Waals surface area contributed by atoms with Crippen LogP contribution < -0.4 is 10.1 Å². The Morgan fingerprint density at radius 2 is 1.50 bits per heavy atom. The summed E-state index contributed by atoms with van der Waals surface area (Å²) in [6.45, 7) is 10.6. The molecule has 54 heavy (non-hydrogen) atoms.